The van der Waals surface area contributed by atoms with Crippen LogP contribution in [0.4, 0.5) is 0 Å². The molecule has 1 fully saturated rings. The van der Waals surface area contributed by atoms with E-state index in [1.165, 1.54) is 6.92 Å². The molecule has 1 aliphatic carbocycles. The Morgan fingerprint density at radius 2 is 1.81 bits per heavy atom. The Morgan fingerprint density at radius 3 is 2.38 bits per heavy atom. The molecule has 0 bridgehead atoms. The number of hydrogen-bond donors (Lipinski definition) is 0. The zero-order chi connectivity index (χ0) is 15.6. The van der Waals surface area contributed by atoms with Crippen molar-refractivity contribution in [2.45, 2.75) is 57.0 Å². The Bertz CT molecular complexity index is 601. The third-order valence-electron chi connectivity index (χ3n) is 4.55. The number of sulfone groups is 1. The van der Waals surface area contributed by atoms with Gasteiger partial charge in [-0.2, -0.15) is 0 Å². The molecular weight excluding hydrogens is 284 g/mol. The van der Waals surface area contributed by atoms with Gasteiger partial charge in [0.15, 0.2) is 15.6 Å². The number of aryl methyl sites for hydroxylation is 1. The molecule has 3 unspecified atom stereocenters. The van der Waals surface area contributed by atoms with E-state index >= 15 is 0 Å². The van der Waals surface area contributed by atoms with E-state index in [-0.39, 0.29) is 11.0 Å². The predicted molar refractivity (Wildman–Crippen MR) is 85.3 cm³/mol. The molecule has 0 saturated heterocycles. The summed E-state index contributed by atoms with van der Waals surface area (Å²) >= 11 is 0. The molecule has 0 aromatic heterocycles. The first-order valence-electron chi connectivity index (χ1n) is 7.66. The van der Waals surface area contributed by atoms with Crippen LogP contribution in [0.3, 0.4) is 0 Å². The van der Waals surface area contributed by atoms with E-state index in [1.807, 2.05) is 19.1 Å². The topological polar surface area (TPSA) is 51.2 Å². The second-order valence-corrected chi connectivity index (χ2v) is 8.91. The summed E-state index contributed by atoms with van der Waals surface area (Å²) in [6.45, 7) is 5.57. The number of benzene rings is 1. The van der Waals surface area contributed by atoms with Gasteiger partial charge in [-0.1, -0.05) is 49.6 Å². The number of Topliss-reactive ketones (excluding diaryl/α,β-unsaturated/α-hetero) is 1. The van der Waals surface area contributed by atoms with Gasteiger partial charge in [0.25, 0.3) is 0 Å². The summed E-state index contributed by atoms with van der Waals surface area (Å²) in [6, 6.07) is 7.12. The average molecular weight is 308 g/mol. The van der Waals surface area contributed by atoms with Gasteiger partial charge in [-0.05, 0) is 32.6 Å². The van der Waals surface area contributed by atoms with Crippen molar-refractivity contribution in [3.8, 4) is 0 Å². The highest BCUT2D eigenvalue weighted by atomic mass is 32.2. The number of ketones is 1. The van der Waals surface area contributed by atoms with Gasteiger partial charge in [0, 0.05) is 5.56 Å². The molecule has 4 heteroatoms. The van der Waals surface area contributed by atoms with Crippen molar-refractivity contribution < 1.29 is 13.2 Å². The maximum Gasteiger partial charge on any atom is 0.180 e. The molecule has 0 spiro atoms. The Morgan fingerprint density at radius 1 is 1.19 bits per heavy atom. The van der Waals surface area contributed by atoms with Gasteiger partial charge in [0.05, 0.1) is 5.25 Å². The molecule has 1 saturated carbocycles. The number of rotatable bonds is 4. The lowest BCUT2D eigenvalue weighted by Crippen LogP contribution is -2.38. The van der Waals surface area contributed by atoms with Crippen LogP contribution in [0, 0.1) is 12.8 Å². The van der Waals surface area contributed by atoms with Crippen molar-refractivity contribution in [3.63, 3.8) is 0 Å². The minimum absolute atomic E-state index is 0.284. The summed E-state index contributed by atoms with van der Waals surface area (Å²) < 4.78 is 25.4. The number of carbonyl (C=O) groups is 1. The fraction of sp³-hybridized carbons (Fsp3) is 0.588. The van der Waals surface area contributed by atoms with E-state index in [0.29, 0.717) is 24.3 Å². The van der Waals surface area contributed by atoms with Crippen molar-refractivity contribution in [2.75, 3.05) is 0 Å². The first kappa shape index (κ1) is 16.2. The largest absolute Gasteiger partial charge is 0.293 e. The first-order valence-corrected chi connectivity index (χ1v) is 9.27. The third-order valence-corrected chi connectivity index (χ3v) is 7.11. The van der Waals surface area contributed by atoms with Gasteiger partial charge < -0.3 is 0 Å². The zero-order valence-electron chi connectivity index (χ0n) is 13.0. The Balaban J connectivity index is 2.19. The Kier molecular flexibility index (Phi) is 4.87. The van der Waals surface area contributed by atoms with Crippen LogP contribution in [-0.2, 0) is 9.84 Å². The summed E-state index contributed by atoms with van der Waals surface area (Å²) in [7, 11) is -3.40. The van der Waals surface area contributed by atoms with Crippen LogP contribution in [0.15, 0.2) is 24.3 Å². The first-order chi connectivity index (χ1) is 9.82. The van der Waals surface area contributed by atoms with E-state index in [4.69, 9.17) is 0 Å². The SMILES string of the molecule is Cc1ccc(C(=O)C(C)S(=O)(=O)C2CCCC(C)C2)cc1. The monoisotopic (exact) mass is 308 g/mol. The van der Waals surface area contributed by atoms with Gasteiger partial charge in [0.1, 0.15) is 5.25 Å². The summed E-state index contributed by atoms with van der Waals surface area (Å²) in [4.78, 5) is 12.4. The predicted octanol–water partition coefficient (Wildman–Crippen LogP) is 3.56. The van der Waals surface area contributed by atoms with Crippen LogP contribution in [0.5, 0.6) is 0 Å². The lowest BCUT2D eigenvalue weighted by Gasteiger charge is -2.28. The molecule has 1 aromatic rings. The van der Waals surface area contributed by atoms with E-state index in [1.54, 1.807) is 12.1 Å². The maximum absolute atomic E-state index is 12.7. The van der Waals surface area contributed by atoms with Crippen molar-refractivity contribution in [2.24, 2.45) is 5.92 Å². The molecule has 0 heterocycles. The minimum atomic E-state index is -3.40. The summed E-state index contributed by atoms with van der Waals surface area (Å²) in [5, 5.41) is -1.30. The van der Waals surface area contributed by atoms with Crippen LogP contribution >= 0.6 is 0 Å². The highest BCUT2D eigenvalue weighted by Gasteiger charge is 2.37. The van der Waals surface area contributed by atoms with Crippen LogP contribution in [-0.4, -0.2) is 24.7 Å². The minimum Gasteiger partial charge on any atom is -0.293 e. The standard InChI is InChI=1S/C17H24O3S/c1-12-7-9-15(10-8-12)17(18)14(3)21(19,20)16-6-4-5-13(2)11-16/h7-10,13-14,16H,4-6,11H2,1-3H3. The van der Waals surface area contributed by atoms with Gasteiger partial charge >= 0.3 is 0 Å². The fourth-order valence-electron chi connectivity index (χ4n) is 3.07. The zero-order valence-corrected chi connectivity index (χ0v) is 13.8. The van der Waals surface area contributed by atoms with Crippen LogP contribution < -0.4 is 0 Å². The normalized spacial score (nSPS) is 24.5. The molecule has 0 radical (unpaired) electrons. The van der Waals surface area contributed by atoms with E-state index in [2.05, 4.69) is 6.92 Å². The summed E-state index contributed by atoms with van der Waals surface area (Å²) in [5.41, 5.74) is 1.55. The molecular formula is C17H24O3S. The molecule has 21 heavy (non-hydrogen) atoms. The highest BCUT2D eigenvalue weighted by molar-refractivity contribution is 7.93. The molecule has 1 aromatic carbocycles. The van der Waals surface area contributed by atoms with Crippen molar-refractivity contribution >= 4 is 15.6 Å². The van der Waals surface area contributed by atoms with E-state index in [9.17, 15) is 13.2 Å². The molecule has 1 aliphatic rings. The smallest absolute Gasteiger partial charge is 0.180 e. The van der Waals surface area contributed by atoms with Crippen LogP contribution in [0.1, 0.15) is 55.5 Å². The molecule has 0 N–H and O–H groups in total. The molecule has 0 aliphatic heterocycles. The van der Waals surface area contributed by atoms with Crippen molar-refractivity contribution in [1.29, 1.82) is 0 Å². The highest BCUT2D eigenvalue weighted by Crippen LogP contribution is 2.31. The van der Waals surface area contributed by atoms with Crippen LogP contribution in [0.25, 0.3) is 0 Å². The average Bonchev–Trinajstić information content (AvgIpc) is 2.46. The van der Waals surface area contributed by atoms with Gasteiger partial charge in [-0.25, -0.2) is 8.42 Å². The Labute approximate surface area is 127 Å². The number of carbonyl (C=O) groups excluding carboxylic acids is 1. The van der Waals surface area contributed by atoms with E-state index in [0.717, 1.165) is 18.4 Å². The lowest BCUT2D eigenvalue weighted by molar-refractivity contribution is 0.0991. The number of hydrogen-bond acceptors (Lipinski definition) is 3. The summed E-state index contributed by atoms with van der Waals surface area (Å²) in [5.74, 6) is 0.147. The quantitative estimate of drug-likeness (QED) is 0.799. The van der Waals surface area contributed by atoms with E-state index < -0.39 is 15.1 Å². The molecule has 3 atom stereocenters. The van der Waals surface area contributed by atoms with Crippen LogP contribution in [0.2, 0.25) is 0 Å². The molecule has 3 nitrogen and oxygen atoms in total. The summed E-state index contributed by atoms with van der Waals surface area (Å²) in [6.07, 6.45) is 3.41. The van der Waals surface area contributed by atoms with Gasteiger partial charge in [-0.3, -0.25) is 4.79 Å². The van der Waals surface area contributed by atoms with Crippen molar-refractivity contribution in [3.05, 3.63) is 35.4 Å². The molecule has 0 amide bonds. The molecule has 116 valence electrons. The maximum atomic E-state index is 12.7. The second kappa shape index (κ2) is 6.30. The Hall–Kier alpha value is -1.16. The third kappa shape index (κ3) is 3.54. The van der Waals surface area contributed by atoms with Crippen molar-refractivity contribution in [1.82, 2.24) is 0 Å². The lowest BCUT2D eigenvalue weighted by atomic mass is 9.90. The second-order valence-electron chi connectivity index (χ2n) is 6.36. The fourth-order valence-corrected chi connectivity index (χ4v) is 5.17. The molecule has 2 rings (SSSR count). The van der Waals surface area contributed by atoms with Gasteiger partial charge in [-0.15, -0.1) is 0 Å². The van der Waals surface area contributed by atoms with Gasteiger partial charge in [0.2, 0.25) is 0 Å².